The second-order valence-electron chi connectivity index (χ2n) is 3.38. The topological polar surface area (TPSA) is 35.8 Å². The van der Waals surface area contributed by atoms with Gasteiger partial charge in [0.05, 0.1) is 16.5 Å². The van der Waals surface area contributed by atoms with Crippen LogP contribution in [0.25, 0.3) is 10.1 Å². The average Bonchev–Trinajstić information content (AvgIpc) is 2.74. The van der Waals surface area contributed by atoms with Crippen molar-refractivity contribution in [3.8, 4) is 6.07 Å². The van der Waals surface area contributed by atoms with E-state index in [-0.39, 0.29) is 6.04 Å². The van der Waals surface area contributed by atoms with Crippen molar-refractivity contribution >= 4 is 27.1 Å². The summed E-state index contributed by atoms with van der Waals surface area (Å²) in [6.45, 7) is 2.01. The third-order valence-electron chi connectivity index (χ3n) is 2.37. The number of hydrogen-bond donors (Lipinski definition) is 1. The summed E-state index contributed by atoms with van der Waals surface area (Å²) < 4.78 is 1.23. The van der Waals surface area contributed by atoms with E-state index in [4.69, 9.17) is 5.26 Å². The third-order valence-corrected chi connectivity index (χ3v) is 3.34. The fourth-order valence-corrected chi connectivity index (χ4v) is 2.40. The summed E-state index contributed by atoms with van der Waals surface area (Å²) in [4.78, 5) is 0. The summed E-state index contributed by atoms with van der Waals surface area (Å²) in [5, 5.41) is 15.5. The molecule has 0 spiro atoms. The maximum absolute atomic E-state index is 8.90. The van der Waals surface area contributed by atoms with Crippen molar-refractivity contribution in [3.63, 3.8) is 0 Å². The molecule has 1 aromatic carbocycles. The van der Waals surface area contributed by atoms with Gasteiger partial charge in [-0.1, -0.05) is 19.1 Å². The number of nitrogens with one attached hydrogen (secondary N) is 1. The molecule has 2 rings (SSSR count). The van der Waals surface area contributed by atoms with E-state index in [0.29, 0.717) is 0 Å². The molecule has 1 heterocycles. The molecule has 15 heavy (non-hydrogen) atoms. The van der Waals surface area contributed by atoms with Gasteiger partial charge >= 0.3 is 0 Å². The van der Waals surface area contributed by atoms with Gasteiger partial charge in [0.15, 0.2) is 0 Å². The van der Waals surface area contributed by atoms with E-state index in [1.165, 1.54) is 10.1 Å². The molecular weight excluding hydrogens is 204 g/mol. The second-order valence-corrected chi connectivity index (χ2v) is 4.29. The largest absolute Gasteiger partial charge is 0.369 e. The lowest BCUT2D eigenvalue weighted by atomic mass is 10.2. The predicted octanol–water partition coefficient (Wildman–Crippen LogP) is 3.62. The summed E-state index contributed by atoms with van der Waals surface area (Å²) in [7, 11) is 0. The Balaban J connectivity index is 2.35. The molecule has 0 radical (unpaired) electrons. The van der Waals surface area contributed by atoms with Crippen LogP contribution in [0.15, 0.2) is 29.6 Å². The standard InChI is InChI=1S/C12H12N2S/c1-2-10(8-13)14-11-5-3-4-9-6-7-15-12(9)11/h3-7,10,14H,2H2,1H3. The molecule has 1 aromatic heterocycles. The van der Waals surface area contributed by atoms with Crippen LogP contribution < -0.4 is 5.32 Å². The van der Waals surface area contributed by atoms with Crippen LogP contribution in [-0.4, -0.2) is 6.04 Å². The van der Waals surface area contributed by atoms with Gasteiger partial charge in [-0.15, -0.1) is 11.3 Å². The van der Waals surface area contributed by atoms with Crippen LogP contribution in [0.3, 0.4) is 0 Å². The summed E-state index contributed by atoms with van der Waals surface area (Å²) in [6.07, 6.45) is 0.818. The van der Waals surface area contributed by atoms with Crippen LogP contribution >= 0.6 is 11.3 Å². The highest BCUT2D eigenvalue weighted by atomic mass is 32.1. The highest BCUT2D eigenvalue weighted by Crippen LogP contribution is 2.29. The zero-order valence-electron chi connectivity index (χ0n) is 8.53. The number of fused-ring (bicyclic) bond motifs is 1. The molecule has 0 bridgehead atoms. The molecule has 0 aliphatic rings. The van der Waals surface area contributed by atoms with Crippen LogP contribution in [0, 0.1) is 11.3 Å². The highest BCUT2D eigenvalue weighted by Gasteiger charge is 2.07. The molecule has 0 aliphatic carbocycles. The van der Waals surface area contributed by atoms with Gasteiger partial charge in [0.25, 0.3) is 0 Å². The number of hydrogen-bond acceptors (Lipinski definition) is 3. The predicted molar refractivity (Wildman–Crippen MR) is 65.1 cm³/mol. The molecule has 0 saturated carbocycles. The molecule has 0 aliphatic heterocycles. The van der Waals surface area contributed by atoms with E-state index < -0.39 is 0 Å². The normalized spacial score (nSPS) is 12.3. The first-order chi connectivity index (χ1) is 7.35. The van der Waals surface area contributed by atoms with Gasteiger partial charge in [-0.2, -0.15) is 5.26 Å². The summed E-state index contributed by atoms with van der Waals surface area (Å²) in [6, 6.07) is 10.4. The lowest BCUT2D eigenvalue weighted by Crippen LogP contribution is -2.15. The zero-order valence-corrected chi connectivity index (χ0v) is 9.34. The van der Waals surface area contributed by atoms with Crippen molar-refractivity contribution < 1.29 is 0 Å². The van der Waals surface area contributed by atoms with E-state index in [9.17, 15) is 0 Å². The first-order valence-corrected chi connectivity index (χ1v) is 5.85. The van der Waals surface area contributed by atoms with Crippen molar-refractivity contribution in [1.82, 2.24) is 0 Å². The van der Waals surface area contributed by atoms with Crippen molar-refractivity contribution in [3.05, 3.63) is 29.6 Å². The van der Waals surface area contributed by atoms with Gasteiger partial charge in [0.2, 0.25) is 0 Å². The molecule has 1 N–H and O–H groups in total. The van der Waals surface area contributed by atoms with Gasteiger partial charge in [0, 0.05) is 0 Å². The van der Waals surface area contributed by atoms with Gasteiger partial charge < -0.3 is 5.32 Å². The van der Waals surface area contributed by atoms with Crippen molar-refractivity contribution in [1.29, 1.82) is 5.26 Å². The van der Waals surface area contributed by atoms with Gasteiger partial charge in [-0.25, -0.2) is 0 Å². The zero-order chi connectivity index (χ0) is 10.7. The molecule has 3 heteroatoms. The van der Waals surface area contributed by atoms with Crippen molar-refractivity contribution in [2.24, 2.45) is 0 Å². The molecule has 0 amide bonds. The van der Waals surface area contributed by atoms with Crippen LogP contribution in [0.2, 0.25) is 0 Å². The van der Waals surface area contributed by atoms with Crippen molar-refractivity contribution in [2.75, 3.05) is 5.32 Å². The summed E-state index contributed by atoms with van der Waals surface area (Å²) in [5.41, 5.74) is 1.07. The fourth-order valence-electron chi connectivity index (χ4n) is 1.52. The lowest BCUT2D eigenvalue weighted by Gasteiger charge is -2.11. The SMILES string of the molecule is CCC(C#N)Nc1cccc2ccsc12. The van der Waals surface area contributed by atoms with Crippen LogP contribution in [0.4, 0.5) is 5.69 Å². The summed E-state index contributed by atoms with van der Waals surface area (Å²) in [5.74, 6) is 0. The smallest absolute Gasteiger partial charge is 0.114 e. The van der Waals surface area contributed by atoms with Crippen LogP contribution in [0.1, 0.15) is 13.3 Å². The van der Waals surface area contributed by atoms with E-state index in [1.807, 2.05) is 19.1 Å². The van der Waals surface area contributed by atoms with Crippen molar-refractivity contribution in [2.45, 2.75) is 19.4 Å². The number of rotatable bonds is 3. The molecule has 2 aromatic rings. The maximum atomic E-state index is 8.90. The number of anilines is 1. The van der Waals surface area contributed by atoms with Gasteiger partial charge in [-0.3, -0.25) is 0 Å². The van der Waals surface area contributed by atoms with Crippen LogP contribution in [0.5, 0.6) is 0 Å². The third kappa shape index (κ3) is 1.95. The highest BCUT2D eigenvalue weighted by molar-refractivity contribution is 7.17. The lowest BCUT2D eigenvalue weighted by molar-refractivity contribution is 0.847. The minimum absolute atomic E-state index is 0.0994. The van der Waals surface area contributed by atoms with E-state index >= 15 is 0 Å². The Bertz CT molecular complexity index is 496. The second kappa shape index (κ2) is 4.33. The van der Waals surface area contributed by atoms with E-state index in [0.717, 1.165) is 12.1 Å². The quantitative estimate of drug-likeness (QED) is 0.850. The first kappa shape index (κ1) is 10.0. The molecule has 1 atom stereocenters. The maximum Gasteiger partial charge on any atom is 0.114 e. The molecule has 2 nitrogen and oxygen atoms in total. The Morgan fingerprint density at radius 2 is 2.33 bits per heavy atom. The monoisotopic (exact) mass is 216 g/mol. The first-order valence-electron chi connectivity index (χ1n) is 4.97. The molecule has 76 valence electrons. The number of thiophene rings is 1. The molecular formula is C12H12N2S. The fraction of sp³-hybridized carbons (Fsp3) is 0.250. The Morgan fingerprint density at radius 1 is 1.47 bits per heavy atom. The number of benzene rings is 1. The Morgan fingerprint density at radius 3 is 3.07 bits per heavy atom. The summed E-state index contributed by atoms with van der Waals surface area (Å²) >= 11 is 1.70. The van der Waals surface area contributed by atoms with Gasteiger partial charge in [-0.05, 0) is 29.3 Å². The average molecular weight is 216 g/mol. The molecule has 1 unspecified atom stereocenters. The van der Waals surface area contributed by atoms with Crippen LogP contribution in [-0.2, 0) is 0 Å². The van der Waals surface area contributed by atoms with E-state index in [2.05, 4.69) is 28.9 Å². The molecule has 0 fully saturated rings. The minimum atomic E-state index is -0.0994. The minimum Gasteiger partial charge on any atom is -0.369 e. The Labute approximate surface area is 93.2 Å². The van der Waals surface area contributed by atoms with Gasteiger partial charge in [0.1, 0.15) is 6.04 Å². The number of nitriles is 1. The Hall–Kier alpha value is -1.53. The van der Waals surface area contributed by atoms with E-state index in [1.54, 1.807) is 11.3 Å². The molecule has 0 saturated heterocycles. The Kier molecular flexibility index (Phi) is 2.89. The number of nitrogens with zero attached hydrogens (tertiary/aromatic N) is 1.